The van der Waals surface area contributed by atoms with Crippen molar-refractivity contribution in [3.8, 4) is 0 Å². The van der Waals surface area contributed by atoms with Crippen molar-refractivity contribution in [2.75, 3.05) is 6.54 Å². The van der Waals surface area contributed by atoms with E-state index in [1.165, 1.54) is 17.9 Å². The quantitative estimate of drug-likeness (QED) is 0.750. The first-order valence-corrected chi connectivity index (χ1v) is 8.90. The first-order chi connectivity index (χ1) is 12.9. The molecule has 0 bridgehead atoms. The Hall–Kier alpha value is -3.15. The van der Waals surface area contributed by atoms with E-state index in [-0.39, 0.29) is 18.0 Å². The highest BCUT2D eigenvalue weighted by Crippen LogP contribution is 2.15. The summed E-state index contributed by atoms with van der Waals surface area (Å²) in [6.07, 6.45) is 0.811. The summed E-state index contributed by atoms with van der Waals surface area (Å²) in [5, 5.41) is 12.2. The van der Waals surface area contributed by atoms with Crippen LogP contribution < -0.4 is 5.32 Å². The fourth-order valence-corrected chi connectivity index (χ4v) is 2.60. The predicted octanol–water partition coefficient (Wildman–Crippen LogP) is 2.94. The summed E-state index contributed by atoms with van der Waals surface area (Å²) < 4.78 is 0. The predicted molar refractivity (Wildman–Crippen MR) is 102 cm³/mol. The molecule has 0 heterocycles. The van der Waals surface area contributed by atoms with Gasteiger partial charge in [0.1, 0.15) is 6.04 Å². The topological polar surface area (TPSA) is 86.7 Å². The van der Waals surface area contributed by atoms with E-state index in [9.17, 15) is 19.5 Å². The summed E-state index contributed by atoms with van der Waals surface area (Å²) in [5.74, 6) is -1.78. The molecule has 0 aromatic heterocycles. The van der Waals surface area contributed by atoms with Crippen molar-refractivity contribution in [2.45, 2.75) is 32.9 Å². The van der Waals surface area contributed by atoms with E-state index in [2.05, 4.69) is 5.32 Å². The molecular weight excluding hydrogens is 344 g/mol. The maximum atomic E-state index is 13.0. The number of hydrogen-bond acceptors (Lipinski definition) is 3. The highest BCUT2D eigenvalue weighted by atomic mass is 16.4. The van der Waals surface area contributed by atoms with Crippen LogP contribution in [0.1, 0.15) is 46.5 Å². The van der Waals surface area contributed by atoms with Crippen molar-refractivity contribution in [2.24, 2.45) is 0 Å². The van der Waals surface area contributed by atoms with E-state index >= 15 is 0 Å². The van der Waals surface area contributed by atoms with Crippen LogP contribution in [0.2, 0.25) is 0 Å². The molecule has 0 saturated carbocycles. The summed E-state index contributed by atoms with van der Waals surface area (Å²) in [6.45, 7) is 4.14. The van der Waals surface area contributed by atoms with Gasteiger partial charge in [0.2, 0.25) is 0 Å². The van der Waals surface area contributed by atoms with Crippen molar-refractivity contribution in [3.63, 3.8) is 0 Å². The zero-order valence-electron chi connectivity index (χ0n) is 15.5. The molecule has 142 valence electrons. The Balaban J connectivity index is 2.29. The van der Waals surface area contributed by atoms with Crippen LogP contribution in [0.15, 0.2) is 54.6 Å². The lowest BCUT2D eigenvalue weighted by molar-refractivity contribution is -0.141. The van der Waals surface area contributed by atoms with Crippen LogP contribution in [0.4, 0.5) is 0 Å². The third-order valence-electron chi connectivity index (χ3n) is 4.19. The zero-order chi connectivity index (χ0) is 19.8. The number of rotatable bonds is 8. The minimum atomic E-state index is -1.09. The van der Waals surface area contributed by atoms with Crippen LogP contribution in [0.3, 0.4) is 0 Å². The van der Waals surface area contributed by atoms with Gasteiger partial charge in [-0.05, 0) is 37.1 Å². The second kappa shape index (κ2) is 9.52. The highest BCUT2D eigenvalue weighted by Gasteiger charge is 2.27. The first-order valence-electron chi connectivity index (χ1n) is 8.90. The van der Waals surface area contributed by atoms with Crippen LogP contribution in [0.5, 0.6) is 0 Å². The van der Waals surface area contributed by atoms with Gasteiger partial charge >= 0.3 is 5.97 Å². The minimum absolute atomic E-state index is 0.166. The molecule has 0 aliphatic heterocycles. The van der Waals surface area contributed by atoms with Gasteiger partial charge in [-0.1, -0.05) is 43.3 Å². The summed E-state index contributed by atoms with van der Waals surface area (Å²) in [6, 6.07) is 14.5. The number of carboxylic acids is 1. The van der Waals surface area contributed by atoms with Crippen LogP contribution >= 0.6 is 0 Å². The monoisotopic (exact) mass is 368 g/mol. The minimum Gasteiger partial charge on any atom is -0.480 e. The normalized spacial score (nSPS) is 11.5. The molecule has 0 radical (unpaired) electrons. The summed E-state index contributed by atoms with van der Waals surface area (Å²) in [5.41, 5.74) is 1.48. The molecule has 2 N–H and O–H groups in total. The number of carbonyl (C=O) groups excluding carboxylic acids is 2. The number of carboxylic acid groups (broad SMARTS) is 1. The van der Waals surface area contributed by atoms with Gasteiger partial charge in [0, 0.05) is 24.2 Å². The molecule has 0 fully saturated rings. The number of benzene rings is 2. The smallest absolute Gasteiger partial charge is 0.326 e. The molecule has 2 aromatic rings. The third kappa shape index (κ3) is 5.41. The molecule has 0 saturated heterocycles. The number of hydrogen-bond donors (Lipinski definition) is 2. The Labute approximate surface area is 158 Å². The van der Waals surface area contributed by atoms with Crippen molar-refractivity contribution >= 4 is 17.8 Å². The molecule has 2 aromatic carbocycles. The van der Waals surface area contributed by atoms with Crippen molar-refractivity contribution in [1.29, 1.82) is 0 Å². The molecule has 1 atom stereocenters. The van der Waals surface area contributed by atoms with Crippen LogP contribution in [0, 0.1) is 0 Å². The summed E-state index contributed by atoms with van der Waals surface area (Å²) in [4.78, 5) is 38.0. The van der Waals surface area contributed by atoms with Crippen LogP contribution in [-0.2, 0) is 11.3 Å². The Morgan fingerprint density at radius 2 is 1.70 bits per heavy atom. The molecule has 6 heteroatoms. The number of aliphatic carboxylic acids is 1. The largest absolute Gasteiger partial charge is 0.480 e. The van der Waals surface area contributed by atoms with Crippen LogP contribution in [0.25, 0.3) is 0 Å². The average Bonchev–Trinajstić information content (AvgIpc) is 2.70. The van der Waals surface area contributed by atoms with Gasteiger partial charge in [0.15, 0.2) is 0 Å². The lowest BCUT2D eigenvalue weighted by atomic mass is 10.1. The lowest BCUT2D eigenvalue weighted by Gasteiger charge is -2.27. The van der Waals surface area contributed by atoms with Crippen molar-refractivity contribution < 1.29 is 19.5 Å². The Bertz CT molecular complexity index is 805. The van der Waals surface area contributed by atoms with Gasteiger partial charge in [-0.15, -0.1) is 0 Å². The molecule has 0 aliphatic rings. The Morgan fingerprint density at radius 3 is 2.33 bits per heavy atom. The lowest BCUT2D eigenvalue weighted by Crippen LogP contribution is -2.42. The average molecular weight is 368 g/mol. The molecule has 6 nitrogen and oxygen atoms in total. The highest BCUT2D eigenvalue weighted by molar-refractivity contribution is 6.00. The SMILES string of the molecule is CCCNC(=O)c1cccc(C(=O)N(Cc2ccccc2)C(C)C(=O)O)c1. The van der Waals surface area contributed by atoms with E-state index in [1.807, 2.05) is 37.3 Å². The van der Waals surface area contributed by atoms with E-state index < -0.39 is 17.9 Å². The van der Waals surface area contributed by atoms with Gasteiger partial charge in [-0.2, -0.15) is 0 Å². The van der Waals surface area contributed by atoms with Gasteiger partial charge < -0.3 is 15.3 Å². The molecule has 0 aliphatic carbocycles. The van der Waals surface area contributed by atoms with Crippen molar-refractivity contribution in [1.82, 2.24) is 10.2 Å². The molecule has 2 rings (SSSR count). The summed E-state index contributed by atoms with van der Waals surface area (Å²) >= 11 is 0. The van der Waals surface area contributed by atoms with Gasteiger partial charge in [0.05, 0.1) is 0 Å². The molecule has 27 heavy (non-hydrogen) atoms. The van der Waals surface area contributed by atoms with E-state index in [0.717, 1.165) is 12.0 Å². The molecule has 2 amide bonds. The Kier molecular flexibility index (Phi) is 7.11. The summed E-state index contributed by atoms with van der Waals surface area (Å²) in [7, 11) is 0. The number of amides is 2. The number of nitrogens with zero attached hydrogens (tertiary/aromatic N) is 1. The number of carbonyl (C=O) groups is 3. The van der Waals surface area contributed by atoms with E-state index in [4.69, 9.17) is 0 Å². The van der Waals surface area contributed by atoms with Gasteiger partial charge in [-0.3, -0.25) is 9.59 Å². The number of nitrogens with one attached hydrogen (secondary N) is 1. The molecular formula is C21H24N2O4. The van der Waals surface area contributed by atoms with Gasteiger partial charge in [0.25, 0.3) is 11.8 Å². The fraction of sp³-hybridized carbons (Fsp3) is 0.286. The molecule has 1 unspecified atom stereocenters. The first kappa shape index (κ1) is 20.2. The fourth-order valence-electron chi connectivity index (χ4n) is 2.60. The Morgan fingerprint density at radius 1 is 1.04 bits per heavy atom. The standard InChI is InChI=1S/C21H24N2O4/c1-3-12-22-19(24)17-10-7-11-18(13-17)20(25)23(15(2)21(26)27)14-16-8-5-4-6-9-16/h4-11,13,15H,3,12,14H2,1-2H3,(H,22,24)(H,26,27). The zero-order valence-corrected chi connectivity index (χ0v) is 15.5. The second-order valence-corrected chi connectivity index (χ2v) is 6.27. The van der Waals surface area contributed by atoms with E-state index in [0.29, 0.717) is 12.1 Å². The molecule has 0 spiro atoms. The van der Waals surface area contributed by atoms with Gasteiger partial charge in [-0.25, -0.2) is 4.79 Å². The van der Waals surface area contributed by atoms with Crippen LogP contribution in [-0.4, -0.2) is 40.4 Å². The van der Waals surface area contributed by atoms with Crippen molar-refractivity contribution in [3.05, 3.63) is 71.3 Å². The third-order valence-corrected chi connectivity index (χ3v) is 4.19. The second-order valence-electron chi connectivity index (χ2n) is 6.27. The maximum absolute atomic E-state index is 13.0. The maximum Gasteiger partial charge on any atom is 0.326 e. The van der Waals surface area contributed by atoms with E-state index in [1.54, 1.807) is 18.2 Å².